The third kappa shape index (κ3) is 4.96. The highest BCUT2D eigenvalue weighted by atomic mass is 35.5. The van der Waals surface area contributed by atoms with Gasteiger partial charge < -0.3 is 15.6 Å². The molecule has 1 aromatic carbocycles. The van der Waals surface area contributed by atoms with Crippen LogP contribution in [0.1, 0.15) is 27.7 Å². The number of aromatic nitrogens is 5. The van der Waals surface area contributed by atoms with Crippen molar-refractivity contribution in [2.75, 3.05) is 0 Å². The maximum Gasteiger partial charge on any atom is 0.215 e. The summed E-state index contributed by atoms with van der Waals surface area (Å²) in [6.07, 6.45) is 4.17. The summed E-state index contributed by atoms with van der Waals surface area (Å²) in [5.41, 5.74) is 1.02. The van der Waals surface area contributed by atoms with Crippen LogP contribution in [0.25, 0.3) is 5.76 Å². The molecule has 0 saturated carbocycles. The van der Waals surface area contributed by atoms with Crippen LogP contribution in [0.2, 0.25) is 0 Å². The molecule has 0 aliphatic carbocycles. The van der Waals surface area contributed by atoms with Gasteiger partial charge in [0, 0.05) is 18.7 Å². The number of hydrogen-bond acceptors (Lipinski definition) is 5. The number of aromatic amines is 2. The number of nitrogens with one attached hydrogen (secondary N) is 2. The predicted octanol–water partition coefficient (Wildman–Crippen LogP) is 1.64. The lowest BCUT2D eigenvalue weighted by atomic mass is 10.1. The van der Waals surface area contributed by atoms with E-state index in [1.54, 1.807) is 12.1 Å². The van der Waals surface area contributed by atoms with Gasteiger partial charge in [0.05, 0.1) is 0 Å². The Hall–Kier alpha value is -3.04. The van der Waals surface area contributed by atoms with Crippen LogP contribution < -0.4 is 0 Å². The average molecular weight is 368 g/mol. The van der Waals surface area contributed by atoms with E-state index in [9.17, 15) is 14.3 Å². The van der Waals surface area contributed by atoms with Crippen molar-refractivity contribution in [2.24, 2.45) is 0 Å². The summed E-state index contributed by atoms with van der Waals surface area (Å²) in [4.78, 5) is 22.8. The van der Waals surface area contributed by atoms with Crippen LogP contribution in [-0.2, 0) is 6.42 Å². The molecule has 0 fully saturated rings. The van der Waals surface area contributed by atoms with E-state index in [0.29, 0.717) is 12.2 Å². The number of hydrogen-bond donors (Lipinski definition) is 3. The smallest absolute Gasteiger partial charge is 0.215 e. The van der Waals surface area contributed by atoms with Crippen molar-refractivity contribution in [3.8, 4) is 0 Å². The third-order valence-electron chi connectivity index (χ3n) is 3.08. The molecule has 0 atom stereocenters. The molecule has 8 nitrogen and oxygen atoms in total. The van der Waals surface area contributed by atoms with Crippen molar-refractivity contribution in [1.29, 1.82) is 0 Å². The summed E-state index contributed by atoms with van der Waals surface area (Å²) >= 11 is 0. The van der Waals surface area contributed by atoms with Gasteiger partial charge in [-0.15, -0.1) is 12.4 Å². The summed E-state index contributed by atoms with van der Waals surface area (Å²) in [5, 5.41) is 15.8. The minimum Gasteiger partial charge on any atom is -0.504 e. The summed E-state index contributed by atoms with van der Waals surface area (Å²) in [7, 11) is 0. The molecule has 0 radical (unpaired) electrons. The summed E-state index contributed by atoms with van der Waals surface area (Å²) in [6.45, 7) is 0. The molecule has 0 bridgehead atoms. The van der Waals surface area contributed by atoms with E-state index < -0.39 is 5.78 Å². The molecule has 132 valence electrons. The highest BCUT2D eigenvalue weighted by Gasteiger charge is 2.12. The number of allylic oxidation sites excluding steroid dienone is 1. The van der Waals surface area contributed by atoms with E-state index in [0.717, 1.165) is 11.6 Å². The monoisotopic (exact) mass is 367 g/mol. The standard InChI is InChI=1S/C15H12FN5O2.ClH.H2O/c16-10-3-1-9(2-4-10)5-14-17-7-11(20-14)12(22)6-13(23)15-18-8-19-21-15;;/h1-4,6-8,23H,5H2,(H,17,20)(H,18,19,21);1H;1H2. The Morgan fingerprint density at radius 2 is 2.00 bits per heavy atom. The zero-order chi connectivity index (χ0) is 16.2. The first-order valence-corrected chi connectivity index (χ1v) is 6.71. The van der Waals surface area contributed by atoms with Crippen LogP contribution in [0.4, 0.5) is 4.39 Å². The number of aliphatic hydroxyl groups excluding tert-OH is 1. The molecule has 2 aromatic heterocycles. The first-order chi connectivity index (χ1) is 11.1. The first-order valence-electron chi connectivity index (χ1n) is 6.71. The topological polar surface area (TPSA) is 139 Å². The van der Waals surface area contributed by atoms with E-state index in [1.165, 1.54) is 24.7 Å². The van der Waals surface area contributed by atoms with Crippen LogP contribution in [0, 0.1) is 5.82 Å². The Labute approximate surface area is 147 Å². The van der Waals surface area contributed by atoms with Crippen molar-refractivity contribution >= 4 is 23.9 Å². The van der Waals surface area contributed by atoms with Crippen molar-refractivity contribution in [2.45, 2.75) is 6.42 Å². The largest absolute Gasteiger partial charge is 0.504 e. The fourth-order valence-electron chi connectivity index (χ4n) is 1.97. The van der Waals surface area contributed by atoms with Crippen molar-refractivity contribution < 1.29 is 19.8 Å². The molecule has 0 spiro atoms. The molecule has 0 aliphatic rings. The fraction of sp³-hybridized carbons (Fsp3) is 0.0667. The van der Waals surface area contributed by atoms with Crippen LogP contribution >= 0.6 is 12.4 Å². The summed E-state index contributed by atoms with van der Waals surface area (Å²) < 4.78 is 12.9. The molecule has 0 saturated heterocycles. The fourth-order valence-corrected chi connectivity index (χ4v) is 1.97. The molecule has 0 aliphatic heterocycles. The lowest BCUT2D eigenvalue weighted by Gasteiger charge is -1.97. The number of carbonyl (C=O) groups is 1. The minimum absolute atomic E-state index is 0. The Morgan fingerprint density at radius 1 is 1.28 bits per heavy atom. The van der Waals surface area contributed by atoms with Gasteiger partial charge in [0.25, 0.3) is 0 Å². The highest BCUT2D eigenvalue weighted by Crippen LogP contribution is 2.10. The van der Waals surface area contributed by atoms with Gasteiger partial charge in [-0.05, 0) is 17.7 Å². The van der Waals surface area contributed by atoms with Gasteiger partial charge in [-0.25, -0.2) is 14.4 Å². The van der Waals surface area contributed by atoms with Gasteiger partial charge in [0.15, 0.2) is 5.76 Å². The van der Waals surface area contributed by atoms with Gasteiger partial charge >= 0.3 is 0 Å². The second-order valence-electron chi connectivity index (χ2n) is 4.75. The molecule has 0 amide bonds. The molecule has 2 heterocycles. The van der Waals surface area contributed by atoms with Gasteiger partial charge in [0.1, 0.15) is 23.7 Å². The van der Waals surface area contributed by atoms with Gasteiger partial charge in [0.2, 0.25) is 11.6 Å². The zero-order valence-corrected chi connectivity index (χ0v) is 13.5. The van der Waals surface area contributed by atoms with Gasteiger partial charge in [-0.2, -0.15) is 5.10 Å². The molecule has 3 rings (SSSR count). The number of aliphatic hydroxyl groups is 1. The number of nitrogens with zero attached hydrogens (tertiary/aromatic N) is 3. The lowest BCUT2D eigenvalue weighted by molar-refractivity contribution is 0.104. The highest BCUT2D eigenvalue weighted by molar-refractivity contribution is 6.06. The van der Waals surface area contributed by atoms with Gasteiger partial charge in [-0.1, -0.05) is 12.1 Å². The molecule has 25 heavy (non-hydrogen) atoms. The number of halogens is 2. The molecule has 3 aromatic rings. The molecule has 10 heteroatoms. The lowest BCUT2D eigenvalue weighted by Crippen LogP contribution is -1.99. The molecule has 5 N–H and O–H groups in total. The molecule has 0 unspecified atom stereocenters. The maximum atomic E-state index is 12.9. The van der Waals surface area contributed by atoms with Crippen molar-refractivity contribution in [3.05, 3.63) is 71.6 Å². The summed E-state index contributed by atoms with van der Waals surface area (Å²) in [5.74, 6) is -0.545. The number of carbonyl (C=O) groups excluding carboxylic acids is 1. The van der Waals surface area contributed by atoms with Gasteiger partial charge in [-0.3, -0.25) is 9.89 Å². The van der Waals surface area contributed by atoms with Crippen LogP contribution in [0.3, 0.4) is 0 Å². The van der Waals surface area contributed by atoms with Crippen LogP contribution in [0.5, 0.6) is 0 Å². The number of imidazole rings is 1. The van der Waals surface area contributed by atoms with E-state index in [2.05, 4.69) is 25.1 Å². The minimum atomic E-state index is -0.478. The zero-order valence-electron chi connectivity index (χ0n) is 12.7. The van der Waals surface area contributed by atoms with Crippen molar-refractivity contribution in [1.82, 2.24) is 25.1 Å². The number of ketones is 1. The van der Waals surface area contributed by atoms with E-state index in [-0.39, 0.29) is 41.0 Å². The van der Waals surface area contributed by atoms with E-state index in [1.807, 2.05) is 0 Å². The quantitative estimate of drug-likeness (QED) is 0.357. The SMILES string of the molecule is Cl.O.O=C(C=C(O)c1nc[nH]n1)c1c[nH]c(Cc2ccc(F)cc2)n1. The van der Waals surface area contributed by atoms with Crippen LogP contribution in [-0.4, -0.2) is 41.5 Å². The number of H-pyrrole nitrogens is 2. The first kappa shape index (κ1) is 20.0. The normalized spacial score (nSPS) is 10.7. The molecular weight excluding hydrogens is 353 g/mol. The van der Waals surface area contributed by atoms with Crippen LogP contribution in [0.15, 0.2) is 42.9 Å². The third-order valence-corrected chi connectivity index (χ3v) is 3.08. The van der Waals surface area contributed by atoms with Crippen molar-refractivity contribution in [3.63, 3.8) is 0 Å². The Kier molecular flexibility index (Phi) is 6.97. The van der Waals surface area contributed by atoms with E-state index in [4.69, 9.17) is 0 Å². The van der Waals surface area contributed by atoms with E-state index >= 15 is 0 Å². The second-order valence-corrected chi connectivity index (χ2v) is 4.75. The predicted molar refractivity (Wildman–Crippen MR) is 90.0 cm³/mol. The Morgan fingerprint density at radius 3 is 2.64 bits per heavy atom. The average Bonchev–Trinajstić information content (AvgIpc) is 3.21. The number of benzene rings is 1. The molecular formula is C15H15ClFN5O3. The maximum absolute atomic E-state index is 12.9. The summed E-state index contributed by atoms with van der Waals surface area (Å²) in [6, 6.07) is 6.02. The Bertz CT molecular complexity index is 846. The number of rotatable bonds is 5. The second kappa shape index (κ2) is 8.71. The Balaban J connectivity index is 0.00000156.